The van der Waals surface area contributed by atoms with Crippen molar-refractivity contribution in [3.63, 3.8) is 0 Å². The first-order valence-corrected chi connectivity index (χ1v) is 5.62. The summed E-state index contributed by atoms with van der Waals surface area (Å²) in [7, 11) is -2.66. The Morgan fingerprint density at radius 1 is 1.38 bits per heavy atom. The Balaban J connectivity index is 3.31. The number of ether oxygens (including phenoxy) is 1. The molecule has 0 aliphatic rings. The molecule has 0 bridgehead atoms. The van der Waals surface area contributed by atoms with Crippen LogP contribution in [0, 0.1) is 0 Å². The molecule has 1 atom stereocenters. The van der Waals surface area contributed by atoms with Gasteiger partial charge in [0.2, 0.25) is 0 Å². The molecule has 6 heteroatoms. The van der Waals surface area contributed by atoms with Crippen molar-refractivity contribution < 1.29 is 23.2 Å². The van der Waals surface area contributed by atoms with E-state index in [1.54, 1.807) is 0 Å². The maximum Gasteiger partial charge on any atom is 0.471 e. The summed E-state index contributed by atoms with van der Waals surface area (Å²) in [6.45, 7) is 4.52. The molecule has 1 unspecified atom stereocenters. The number of rotatable bonds is 7. The lowest BCUT2D eigenvalue weighted by atomic mass is 10.4. The van der Waals surface area contributed by atoms with E-state index in [0.29, 0.717) is 13.0 Å². The highest BCUT2D eigenvalue weighted by Crippen LogP contribution is 2.41. The summed E-state index contributed by atoms with van der Waals surface area (Å²) < 4.78 is 24.7. The van der Waals surface area contributed by atoms with Gasteiger partial charge in [0.05, 0.1) is 12.7 Å². The molecule has 0 amide bonds. The normalized spacial score (nSPS) is 16.1. The third kappa shape index (κ3) is 8.40. The number of phosphoric acid groups is 1. The Morgan fingerprint density at radius 3 is 2.46 bits per heavy atom. The molecule has 80 valence electrons. The molecule has 5 nitrogen and oxygen atoms in total. The van der Waals surface area contributed by atoms with E-state index < -0.39 is 7.82 Å². The van der Waals surface area contributed by atoms with E-state index in [1.165, 1.54) is 0 Å². The van der Waals surface area contributed by atoms with Crippen molar-refractivity contribution >= 4 is 7.82 Å². The van der Waals surface area contributed by atoms with Crippen LogP contribution in [-0.4, -0.2) is 31.3 Å². The van der Waals surface area contributed by atoms with E-state index in [9.17, 15) is 4.57 Å². The molecule has 0 fully saturated rings. The van der Waals surface area contributed by atoms with Crippen LogP contribution in [0.1, 0.15) is 20.3 Å². The van der Waals surface area contributed by atoms with Crippen LogP contribution in [0.3, 0.4) is 0 Å². The van der Waals surface area contributed by atoms with Crippen molar-refractivity contribution in [1.82, 2.24) is 0 Å². The van der Waals surface area contributed by atoms with E-state index >= 15 is 0 Å². The molecule has 0 heterocycles. The second-order valence-corrected chi connectivity index (χ2v) is 4.32. The molecule has 0 radical (unpaired) electrons. The van der Waals surface area contributed by atoms with Crippen LogP contribution in [0.2, 0.25) is 0 Å². The van der Waals surface area contributed by atoms with Crippen molar-refractivity contribution in [3.05, 3.63) is 0 Å². The van der Waals surface area contributed by atoms with Gasteiger partial charge in [0.25, 0.3) is 0 Å². The second kappa shape index (κ2) is 6.51. The highest BCUT2D eigenvalue weighted by Gasteiger charge is 2.17. The third-order valence-corrected chi connectivity index (χ3v) is 2.20. The fourth-order valence-electron chi connectivity index (χ4n) is 0.611. The Bertz CT molecular complexity index is 170. The van der Waals surface area contributed by atoms with Gasteiger partial charge in [0, 0.05) is 13.7 Å². The molecule has 0 aromatic heterocycles. The lowest BCUT2D eigenvalue weighted by Crippen LogP contribution is -2.06. The van der Waals surface area contributed by atoms with E-state index in [1.807, 2.05) is 13.8 Å². The maximum atomic E-state index is 10.7. The van der Waals surface area contributed by atoms with Gasteiger partial charge in [-0.2, -0.15) is 0 Å². The molecule has 0 rings (SSSR count). The molecule has 0 aromatic carbocycles. The summed E-state index contributed by atoms with van der Waals surface area (Å²) in [5.41, 5.74) is 0. The van der Waals surface area contributed by atoms with Gasteiger partial charge in [-0.25, -0.2) is 4.57 Å². The third-order valence-electron chi connectivity index (χ3n) is 1.23. The largest absolute Gasteiger partial charge is 0.471 e. The Hall–Kier alpha value is 0.0700. The first-order chi connectivity index (χ1) is 5.98. The van der Waals surface area contributed by atoms with Crippen molar-refractivity contribution in [3.8, 4) is 0 Å². The Labute approximate surface area is 78.6 Å². The van der Waals surface area contributed by atoms with Crippen molar-refractivity contribution in [2.75, 3.05) is 20.3 Å². The van der Waals surface area contributed by atoms with E-state index in [4.69, 9.17) is 9.63 Å². The highest BCUT2D eigenvalue weighted by atomic mass is 31.2. The van der Waals surface area contributed by atoms with Crippen molar-refractivity contribution in [1.29, 1.82) is 0 Å². The first kappa shape index (κ1) is 13.1. The van der Waals surface area contributed by atoms with Crippen LogP contribution in [-0.2, 0) is 18.3 Å². The highest BCUT2D eigenvalue weighted by molar-refractivity contribution is 7.47. The monoisotopic (exact) mass is 212 g/mol. The van der Waals surface area contributed by atoms with Crippen LogP contribution in [0.25, 0.3) is 0 Å². The van der Waals surface area contributed by atoms with E-state index in [2.05, 4.69) is 9.05 Å². The molecule has 13 heavy (non-hydrogen) atoms. The fourth-order valence-corrected chi connectivity index (χ4v) is 1.08. The SMILES string of the molecule is COP(=O)(O)OCCCOC(C)C. The van der Waals surface area contributed by atoms with Crippen molar-refractivity contribution in [2.45, 2.75) is 26.4 Å². The molecule has 0 aromatic rings. The molecular weight excluding hydrogens is 195 g/mol. The quantitative estimate of drug-likeness (QED) is 0.512. The minimum absolute atomic E-state index is 0.161. The first-order valence-electron chi connectivity index (χ1n) is 4.12. The zero-order chi connectivity index (χ0) is 10.3. The summed E-state index contributed by atoms with van der Waals surface area (Å²) in [5.74, 6) is 0. The summed E-state index contributed by atoms with van der Waals surface area (Å²) in [4.78, 5) is 8.80. The zero-order valence-corrected chi connectivity index (χ0v) is 9.12. The molecular formula is C7H17O5P. The van der Waals surface area contributed by atoms with Crippen LogP contribution in [0.5, 0.6) is 0 Å². The molecule has 0 spiro atoms. The second-order valence-electron chi connectivity index (χ2n) is 2.76. The summed E-state index contributed by atoms with van der Waals surface area (Å²) in [5, 5.41) is 0. The molecule has 0 saturated carbocycles. The van der Waals surface area contributed by atoms with Gasteiger partial charge in [0.1, 0.15) is 0 Å². The van der Waals surface area contributed by atoms with E-state index in [0.717, 1.165) is 7.11 Å². The summed E-state index contributed by atoms with van der Waals surface area (Å²) in [6.07, 6.45) is 0.745. The van der Waals surface area contributed by atoms with E-state index in [-0.39, 0.29) is 12.7 Å². The van der Waals surface area contributed by atoms with Gasteiger partial charge in [-0.1, -0.05) is 0 Å². The molecule has 0 aliphatic heterocycles. The smallest absolute Gasteiger partial charge is 0.379 e. The summed E-state index contributed by atoms with van der Waals surface area (Å²) in [6, 6.07) is 0. The van der Waals surface area contributed by atoms with Crippen LogP contribution < -0.4 is 0 Å². The molecule has 0 aliphatic carbocycles. The fraction of sp³-hybridized carbons (Fsp3) is 1.00. The van der Waals surface area contributed by atoms with Gasteiger partial charge in [0.15, 0.2) is 0 Å². The lowest BCUT2D eigenvalue weighted by molar-refractivity contribution is 0.0652. The minimum atomic E-state index is -3.79. The average molecular weight is 212 g/mol. The van der Waals surface area contributed by atoms with Crippen molar-refractivity contribution in [2.24, 2.45) is 0 Å². The van der Waals surface area contributed by atoms with Gasteiger partial charge in [-0.05, 0) is 20.3 Å². The topological polar surface area (TPSA) is 65.0 Å². The van der Waals surface area contributed by atoms with Gasteiger partial charge < -0.3 is 9.63 Å². The zero-order valence-electron chi connectivity index (χ0n) is 8.23. The number of phosphoric ester groups is 1. The lowest BCUT2D eigenvalue weighted by Gasteiger charge is -2.10. The van der Waals surface area contributed by atoms with Crippen LogP contribution in [0.4, 0.5) is 0 Å². The van der Waals surface area contributed by atoms with Gasteiger partial charge >= 0.3 is 7.82 Å². The maximum absolute atomic E-state index is 10.7. The van der Waals surface area contributed by atoms with Gasteiger partial charge in [-0.3, -0.25) is 9.05 Å². The standard InChI is InChI=1S/C7H17O5P/c1-7(2)11-5-4-6-12-13(8,9)10-3/h7H,4-6H2,1-3H3,(H,8,9). The van der Waals surface area contributed by atoms with Crippen LogP contribution in [0.15, 0.2) is 0 Å². The molecule has 0 saturated heterocycles. The minimum Gasteiger partial charge on any atom is -0.379 e. The van der Waals surface area contributed by atoms with Gasteiger partial charge in [-0.15, -0.1) is 0 Å². The predicted octanol–water partition coefficient (Wildman–Crippen LogP) is 1.56. The molecule has 1 N–H and O–H groups in total. The Kier molecular flexibility index (Phi) is 6.55. The number of hydrogen-bond acceptors (Lipinski definition) is 4. The predicted molar refractivity (Wildman–Crippen MR) is 48.5 cm³/mol. The van der Waals surface area contributed by atoms with Crippen LogP contribution >= 0.6 is 7.82 Å². The average Bonchev–Trinajstić information content (AvgIpc) is 2.03. The summed E-state index contributed by atoms with van der Waals surface area (Å²) >= 11 is 0. The Morgan fingerprint density at radius 2 is 2.00 bits per heavy atom. The number of hydrogen-bond donors (Lipinski definition) is 1.